The normalized spacial score (nSPS) is 12.2. The maximum absolute atomic E-state index is 5.91. The van der Waals surface area contributed by atoms with Crippen molar-refractivity contribution in [2.24, 2.45) is 5.73 Å². The van der Waals surface area contributed by atoms with Crippen LogP contribution in [0.1, 0.15) is 23.9 Å². The summed E-state index contributed by atoms with van der Waals surface area (Å²) in [6, 6.07) is 5.96. The molecule has 0 saturated carbocycles. The van der Waals surface area contributed by atoms with Crippen LogP contribution in [0.25, 0.3) is 0 Å². The van der Waals surface area contributed by atoms with Crippen LogP contribution in [0.5, 0.6) is 5.75 Å². The number of rotatable bonds is 5. The molecule has 0 saturated heterocycles. The molecule has 0 aliphatic carbocycles. The van der Waals surface area contributed by atoms with Crippen LogP contribution in [0.4, 0.5) is 0 Å². The van der Waals surface area contributed by atoms with Gasteiger partial charge in [0, 0.05) is 22.9 Å². The van der Waals surface area contributed by atoms with Crippen LogP contribution < -0.4 is 10.5 Å². The Balaban J connectivity index is 2.21. The predicted octanol–water partition coefficient (Wildman–Crippen LogP) is 3.02. The van der Waals surface area contributed by atoms with Crippen molar-refractivity contribution >= 4 is 15.9 Å². The highest BCUT2D eigenvalue weighted by Gasteiger charge is 2.11. The maximum atomic E-state index is 5.91. The molecule has 20 heavy (non-hydrogen) atoms. The highest BCUT2D eigenvalue weighted by Crippen LogP contribution is 2.29. The summed E-state index contributed by atoms with van der Waals surface area (Å²) in [6.45, 7) is 4.37. The first-order valence-electron chi connectivity index (χ1n) is 6.49. The zero-order chi connectivity index (χ0) is 14.5. The number of benzene rings is 1. The highest BCUT2D eigenvalue weighted by molar-refractivity contribution is 9.10. The minimum absolute atomic E-state index is 0.0824. The molecule has 0 radical (unpaired) electrons. The van der Waals surface area contributed by atoms with Crippen molar-refractivity contribution in [1.82, 2.24) is 9.97 Å². The van der Waals surface area contributed by atoms with E-state index in [1.54, 1.807) is 18.5 Å². The topological polar surface area (TPSA) is 61.0 Å². The van der Waals surface area contributed by atoms with E-state index in [0.29, 0.717) is 12.4 Å². The highest BCUT2D eigenvalue weighted by atomic mass is 79.9. The Morgan fingerprint density at radius 1 is 1.30 bits per heavy atom. The Labute approximate surface area is 127 Å². The molecule has 106 valence electrons. The van der Waals surface area contributed by atoms with Crippen LogP contribution in [0.2, 0.25) is 0 Å². The van der Waals surface area contributed by atoms with Gasteiger partial charge in [-0.25, -0.2) is 9.97 Å². The molecule has 5 heteroatoms. The summed E-state index contributed by atoms with van der Waals surface area (Å²) in [4.78, 5) is 8.32. The summed E-state index contributed by atoms with van der Waals surface area (Å²) in [7, 11) is 0. The maximum Gasteiger partial charge on any atom is 0.166 e. The summed E-state index contributed by atoms with van der Waals surface area (Å²) in [5, 5.41) is 0. The number of aromatic nitrogens is 2. The molecular weight excluding hydrogens is 318 g/mol. The Morgan fingerprint density at radius 3 is 2.65 bits per heavy atom. The molecule has 1 aromatic carbocycles. The van der Waals surface area contributed by atoms with Crippen molar-refractivity contribution in [2.75, 3.05) is 0 Å². The van der Waals surface area contributed by atoms with Gasteiger partial charge >= 0.3 is 0 Å². The lowest BCUT2D eigenvalue weighted by molar-refractivity contribution is 0.290. The van der Waals surface area contributed by atoms with Crippen LogP contribution in [0.3, 0.4) is 0 Å². The molecule has 0 bridgehead atoms. The quantitative estimate of drug-likeness (QED) is 0.912. The third-order valence-electron chi connectivity index (χ3n) is 2.82. The Kier molecular flexibility index (Phi) is 5.09. The molecular formula is C15H18BrN3O. The lowest BCUT2D eigenvalue weighted by Crippen LogP contribution is -2.18. The molecule has 1 heterocycles. The molecule has 0 aliphatic heterocycles. The van der Waals surface area contributed by atoms with Crippen molar-refractivity contribution in [1.29, 1.82) is 0 Å². The van der Waals surface area contributed by atoms with Crippen molar-refractivity contribution in [2.45, 2.75) is 32.9 Å². The van der Waals surface area contributed by atoms with Gasteiger partial charge in [-0.05, 0) is 49.6 Å². The number of halogens is 1. The van der Waals surface area contributed by atoms with Gasteiger partial charge in [-0.2, -0.15) is 0 Å². The predicted molar refractivity (Wildman–Crippen MR) is 82.6 cm³/mol. The van der Waals surface area contributed by atoms with E-state index >= 15 is 0 Å². The fourth-order valence-corrected chi connectivity index (χ4v) is 2.67. The average molecular weight is 336 g/mol. The number of ether oxygens (including phenoxy) is 1. The largest absolute Gasteiger partial charge is 0.485 e. The number of hydrogen-bond donors (Lipinski definition) is 1. The van der Waals surface area contributed by atoms with E-state index in [0.717, 1.165) is 27.8 Å². The smallest absolute Gasteiger partial charge is 0.166 e. The van der Waals surface area contributed by atoms with Crippen LogP contribution in [0, 0.1) is 6.92 Å². The molecule has 2 N–H and O–H groups in total. The molecule has 1 aromatic heterocycles. The fourth-order valence-electron chi connectivity index (χ4n) is 2.05. The van der Waals surface area contributed by atoms with Crippen molar-refractivity contribution in [3.05, 3.63) is 52.0 Å². The number of nitrogens with two attached hydrogens (primary N) is 1. The van der Waals surface area contributed by atoms with E-state index in [9.17, 15) is 0 Å². The first-order chi connectivity index (χ1) is 9.56. The summed E-state index contributed by atoms with van der Waals surface area (Å²) in [6.07, 6.45) is 4.19. The molecule has 1 unspecified atom stereocenters. The van der Waals surface area contributed by atoms with E-state index in [-0.39, 0.29) is 6.04 Å². The van der Waals surface area contributed by atoms with E-state index in [1.807, 2.05) is 19.9 Å². The van der Waals surface area contributed by atoms with Gasteiger partial charge in [0.15, 0.2) is 5.82 Å². The molecule has 2 rings (SSSR count). The SMILES string of the molecule is Cc1cc(Br)cc(CC(C)N)c1OCc1ncccn1. The second kappa shape index (κ2) is 6.81. The van der Waals surface area contributed by atoms with Gasteiger partial charge < -0.3 is 10.5 Å². The first-order valence-corrected chi connectivity index (χ1v) is 7.29. The van der Waals surface area contributed by atoms with Gasteiger partial charge in [0.05, 0.1) is 0 Å². The van der Waals surface area contributed by atoms with Crippen LogP contribution in [0.15, 0.2) is 35.1 Å². The van der Waals surface area contributed by atoms with Gasteiger partial charge in [0.1, 0.15) is 12.4 Å². The van der Waals surface area contributed by atoms with E-state index < -0.39 is 0 Å². The molecule has 1 atom stereocenters. The first kappa shape index (κ1) is 14.9. The number of aryl methyl sites for hydroxylation is 1. The number of hydrogen-bond acceptors (Lipinski definition) is 4. The van der Waals surface area contributed by atoms with Crippen molar-refractivity contribution in [3.63, 3.8) is 0 Å². The third-order valence-corrected chi connectivity index (χ3v) is 3.28. The molecule has 0 spiro atoms. The summed E-state index contributed by atoms with van der Waals surface area (Å²) >= 11 is 3.51. The lowest BCUT2D eigenvalue weighted by Gasteiger charge is -2.16. The fraction of sp³-hybridized carbons (Fsp3) is 0.333. The monoisotopic (exact) mass is 335 g/mol. The van der Waals surface area contributed by atoms with E-state index in [4.69, 9.17) is 10.5 Å². The molecule has 0 fully saturated rings. The summed E-state index contributed by atoms with van der Waals surface area (Å²) in [5.41, 5.74) is 8.08. The van der Waals surface area contributed by atoms with E-state index in [2.05, 4.69) is 32.0 Å². The second-order valence-electron chi connectivity index (χ2n) is 4.85. The molecule has 0 aliphatic rings. The third kappa shape index (κ3) is 4.02. The van der Waals surface area contributed by atoms with Gasteiger partial charge in [0.25, 0.3) is 0 Å². The Morgan fingerprint density at radius 2 is 2.00 bits per heavy atom. The molecule has 0 amide bonds. The summed E-state index contributed by atoms with van der Waals surface area (Å²) in [5.74, 6) is 1.54. The standard InChI is InChI=1S/C15H18BrN3O/c1-10-6-13(16)8-12(7-11(2)17)15(10)20-9-14-18-4-3-5-19-14/h3-6,8,11H,7,9,17H2,1-2H3. The van der Waals surface area contributed by atoms with Gasteiger partial charge in [0.2, 0.25) is 0 Å². The lowest BCUT2D eigenvalue weighted by atomic mass is 10.0. The second-order valence-corrected chi connectivity index (χ2v) is 5.76. The van der Waals surface area contributed by atoms with Gasteiger partial charge in [-0.15, -0.1) is 0 Å². The van der Waals surface area contributed by atoms with Crippen LogP contribution in [-0.4, -0.2) is 16.0 Å². The van der Waals surface area contributed by atoms with Crippen LogP contribution in [-0.2, 0) is 13.0 Å². The molecule has 4 nitrogen and oxygen atoms in total. The summed E-state index contributed by atoms with van der Waals surface area (Å²) < 4.78 is 6.94. The minimum atomic E-state index is 0.0824. The zero-order valence-corrected chi connectivity index (χ0v) is 13.2. The van der Waals surface area contributed by atoms with Crippen LogP contribution >= 0.6 is 15.9 Å². The Bertz CT molecular complexity index is 573. The van der Waals surface area contributed by atoms with Crippen molar-refractivity contribution < 1.29 is 4.74 Å². The molecule has 2 aromatic rings. The average Bonchev–Trinajstić information content (AvgIpc) is 2.38. The zero-order valence-electron chi connectivity index (χ0n) is 11.6. The minimum Gasteiger partial charge on any atom is -0.485 e. The van der Waals surface area contributed by atoms with E-state index in [1.165, 1.54) is 0 Å². The van der Waals surface area contributed by atoms with Gasteiger partial charge in [-0.3, -0.25) is 0 Å². The Hall–Kier alpha value is -1.46. The van der Waals surface area contributed by atoms with Gasteiger partial charge in [-0.1, -0.05) is 15.9 Å². The van der Waals surface area contributed by atoms with Crippen molar-refractivity contribution in [3.8, 4) is 5.75 Å². The number of nitrogens with zero attached hydrogens (tertiary/aromatic N) is 2.